The zero-order valence-electron chi connectivity index (χ0n) is 39.3. The SMILES string of the molecule is NC(=O)C(N=C(N)N)NC(=O)C(N=C(N)N)NC(=O)C(N=C(N)N)NC(=O)C(N=C(N)N)NC(=O)C(NC(=O)C(O)N(Cc1c2ccccc2cc2ccccc12)c1cc(N)c([N+](=O)[O-])cc1[N+](=O)[O-])c1ccccc1. The number of nitrogens with two attached hydrogens (primary N) is 10. The first kappa shape index (κ1) is 55.8. The molecule has 33 heteroatoms. The number of aliphatic hydroxyl groups excluding tert-OH is 1. The van der Waals surface area contributed by atoms with Crippen LogP contribution in [0.2, 0.25) is 0 Å². The molecule has 5 aromatic carbocycles. The number of primary amides is 1. The fourth-order valence-corrected chi connectivity index (χ4v) is 7.26. The topological polar surface area (TPSA) is 582 Å². The normalized spacial score (nSPS) is 13.1. The van der Waals surface area contributed by atoms with Crippen LogP contribution >= 0.6 is 0 Å². The average Bonchev–Trinajstić information content (AvgIpc) is 3.35. The van der Waals surface area contributed by atoms with E-state index in [9.17, 15) is 54.1 Å². The number of nitro groups is 2. The third-order valence-electron chi connectivity index (χ3n) is 10.5. The molecule has 6 amide bonds. The van der Waals surface area contributed by atoms with Crippen LogP contribution in [-0.4, -0.2) is 105 Å². The van der Waals surface area contributed by atoms with E-state index < -0.39 is 135 Å². The van der Waals surface area contributed by atoms with Crippen molar-refractivity contribution >= 4 is 104 Å². The van der Waals surface area contributed by atoms with Gasteiger partial charge in [-0.2, -0.15) is 0 Å². The van der Waals surface area contributed by atoms with Gasteiger partial charge in [-0.05, 0) is 44.8 Å². The molecule has 0 heterocycles. The third kappa shape index (κ3) is 14.1. The number of benzene rings is 5. The van der Waals surface area contributed by atoms with Crippen LogP contribution in [0.25, 0.3) is 21.5 Å². The van der Waals surface area contributed by atoms with Gasteiger partial charge in [0.25, 0.3) is 40.9 Å². The molecule has 0 fully saturated rings. The summed E-state index contributed by atoms with van der Waals surface area (Å²) < 4.78 is 0. The summed E-state index contributed by atoms with van der Waals surface area (Å²) in [6.07, 6.45) is -11.0. The van der Waals surface area contributed by atoms with Gasteiger partial charge in [0.2, 0.25) is 36.8 Å². The summed E-state index contributed by atoms with van der Waals surface area (Å²) in [5.41, 5.74) is 52.5. The van der Waals surface area contributed by atoms with E-state index in [1.165, 1.54) is 30.3 Å². The number of fused-ring (bicyclic) bond motifs is 2. The quantitative estimate of drug-likeness (QED) is 0.00586. The van der Waals surface area contributed by atoms with Crippen molar-refractivity contribution in [3.05, 3.63) is 128 Å². The molecule has 0 aliphatic heterocycles. The third-order valence-corrected chi connectivity index (χ3v) is 10.5. The van der Waals surface area contributed by atoms with Gasteiger partial charge < -0.3 is 93.9 Å². The molecule has 398 valence electrons. The van der Waals surface area contributed by atoms with Crippen LogP contribution in [0.1, 0.15) is 17.2 Å². The maximum Gasteiger partial charge on any atom is 0.299 e. The largest absolute Gasteiger partial charge is 0.393 e. The number of nitrogens with one attached hydrogen (secondary N) is 5. The minimum Gasteiger partial charge on any atom is -0.393 e. The second-order valence-electron chi connectivity index (χ2n) is 15.8. The van der Waals surface area contributed by atoms with Gasteiger partial charge in [-0.1, -0.05) is 78.9 Å². The highest BCUT2D eigenvalue weighted by Crippen LogP contribution is 2.40. The standard InChI is InChI=1S/C43H50N22O11/c44-24-15-26(27(65(75)76)16-25(24)64(73)74)63(17-23-21-12-6-4-10-19(21)14-20-11-5-7-13-22(20)23)39(72)38(71)54-28(18-8-2-1-3-9-18)34(67)56-31(60-41(48)49)36(69)58-33(62-43(52)53)37(70)57-32(61-42(50)51)35(68)55-30(29(45)66)59-40(46)47/h1-16,28,30-33,39,72H,17,44H2,(H2,45,66)(H,54,71)(H,55,68)(H,56,67)(H,57,70)(H,58,69)(H4,46,47,59)(H4,48,49,60)(H4,50,51,61)(H4,52,53,62). The number of carbonyl (C=O) groups excluding carboxylic acids is 6. The fraction of sp³-hybridized carbons (Fsp3) is 0.163. The Morgan fingerprint density at radius 2 is 0.934 bits per heavy atom. The molecule has 33 nitrogen and oxygen atoms in total. The summed E-state index contributed by atoms with van der Waals surface area (Å²) in [4.78, 5) is 119. The molecule has 0 aliphatic carbocycles. The molecule has 5 rings (SSSR count). The van der Waals surface area contributed by atoms with Crippen molar-refractivity contribution < 1.29 is 43.7 Å². The van der Waals surface area contributed by atoms with Gasteiger partial charge in [0, 0.05) is 6.54 Å². The average molecular weight is 1050 g/mol. The van der Waals surface area contributed by atoms with Crippen LogP contribution in [0.3, 0.4) is 0 Å². The second kappa shape index (κ2) is 24.3. The smallest absolute Gasteiger partial charge is 0.299 e. The van der Waals surface area contributed by atoms with Crippen LogP contribution in [0.15, 0.2) is 117 Å². The van der Waals surface area contributed by atoms with E-state index in [-0.39, 0.29) is 5.56 Å². The van der Waals surface area contributed by atoms with Gasteiger partial charge in [0.05, 0.1) is 15.9 Å². The Labute approximate surface area is 427 Å². The van der Waals surface area contributed by atoms with E-state index in [1.54, 1.807) is 48.5 Å². The van der Waals surface area contributed by atoms with Crippen molar-refractivity contribution in [3.63, 3.8) is 0 Å². The molecule has 6 unspecified atom stereocenters. The molecule has 6 atom stereocenters. The highest BCUT2D eigenvalue weighted by molar-refractivity contribution is 6.03. The lowest BCUT2D eigenvalue weighted by Crippen LogP contribution is -2.58. The lowest BCUT2D eigenvalue weighted by atomic mass is 9.96. The zero-order valence-corrected chi connectivity index (χ0v) is 39.3. The van der Waals surface area contributed by atoms with E-state index in [0.717, 1.165) is 11.0 Å². The second-order valence-corrected chi connectivity index (χ2v) is 15.8. The molecule has 0 saturated carbocycles. The van der Waals surface area contributed by atoms with Crippen LogP contribution < -0.4 is 88.8 Å². The molecule has 0 aliphatic rings. The van der Waals surface area contributed by atoms with Crippen molar-refractivity contribution in [2.45, 2.75) is 43.5 Å². The number of nitro benzene ring substituents is 2. The number of anilines is 2. The molecule has 0 radical (unpaired) electrons. The van der Waals surface area contributed by atoms with Gasteiger partial charge in [0.15, 0.2) is 23.8 Å². The first-order chi connectivity index (χ1) is 35.9. The lowest BCUT2D eigenvalue weighted by molar-refractivity contribution is -0.393. The van der Waals surface area contributed by atoms with Crippen molar-refractivity contribution in [3.8, 4) is 0 Å². The van der Waals surface area contributed by atoms with Crippen molar-refractivity contribution in [1.29, 1.82) is 0 Å². The summed E-state index contributed by atoms with van der Waals surface area (Å²) in [5, 5.41) is 49.8. The number of guanidine groups is 4. The van der Waals surface area contributed by atoms with Crippen molar-refractivity contribution in [1.82, 2.24) is 26.6 Å². The van der Waals surface area contributed by atoms with E-state index in [0.29, 0.717) is 33.2 Å². The van der Waals surface area contributed by atoms with Gasteiger partial charge in [-0.15, -0.1) is 0 Å². The highest BCUT2D eigenvalue weighted by Gasteiger charge is 2.37. The number of nitrogens with zero attached hydrogens (tertiary/aromatic N) is 7. The fourth-order valence-electron chi connectivity index (χ4n) is 7.26. The number of hydrogen-bond donors (Lipinski definition) is 16. The van der Waals surface area contributed by atoms with E-state index >= 15 is 0 Å². The summed E-state index contributed by atoms with van der Waals surface area (Å²) in [7, 11) is 0. The number of rotatable bonds is 22. The molecular formula is C43H50N22O11. The summed E-state index contributed by atoms with van der Waals surface area (Å²) in [6, 6.07) is 22.5. The van der Waals surface area contributed by atoms with Gasteiger partial charge in [0.1, 0.15) is 17.4 Å². The first-order valence-electron chi connectivity index (χ1n) is 21.6. The Kier molecular flexibility index (Phi) is 17.9. The van der Waals surface area contributed by atoms with E-state index in [2.05, 4.69) is 30.6 Å². The Morgan fingerprint density at radius 3 is 1.37 bits per heavy atom. The Balaban J connectivity index is 1.52. The van der Waals surface area contributed by atoms with Crippen LogP contribution in [-0.2, 0) is 35.3 Å². The minimum atomic E-state index is -2.48. The number of amides is 6. The number of hydrogen-bond acceptors (Lipinski definition) is 17. The molecule has 0 saturated heterocycles. The molecule has 5 aromatic rings. The van der Waals surface area contributed by atoms with Gasteiger partial charge in [-0.25, -0.2) is 20.0 Å². The Morgan fingerprint density at radius 1 is 0.526 bits per heavy atom. The summed E-state index contributed by atoms with van der Waals surface area (Å²) >= 11 is 0. The van der Waals surface area contributed by atoms with Gasteiger partial charge in [-0.3, -0.25) is 49.0 Å². The maximum atomic E-state index is 14.6. The Hall–Kier alpha value is -11.1. The van der Waals surface area contributed by atoms with E-state index in [4.69, 9.17) is 57.3 Å². The maximum absolute atomic E-state index is 14.6. The monoisotopic (exact) mass is 1050 g/mol. The van der Waals surface area contributed by atoms with Crippen molar-refractivity contribution in [2.75, 3.05) is 10.6 Å². The highest BCUT2D eigenvalue weighted by atomic mass is 16.6. The molecular weight excluding hydrogens is 1000 g/mol. The molecule has 0 spiro atoms. The summed E-state index contributed by atoms with van der Waals surface area (Å²) in [5.74, 6) is -11.4. The van der Waals surface area contributed by atoms with E-state index in [1.807, 2.05) is 22.0 Å². The minimum absolute atomic E-state index is 0.0122. The lowest BCUT2D eigenvalue weighted by Gasteiger charge is -2.31. The number of nitrogen functional groups attached to an aromatic ring is 1. The van der Waals surface area contributed by atoms with Crippen molar-refractivity contribution in [2.24, 2.45) is 71.6 Å². The molecule has 0 bridgehead atoms. The van der Waals surface area contributed by atoms with Crippen LogP contribution in [0.4, 0.5) is 22.7 Å². The predicted octanol–water partition coefficient (Wildman–Crippen LogP) is -5.08. The molecule has 0 aromatic heterocycles. The first-order valence-corrected chi connectivity index (χ1v) is 21.6. The van der Waals surface area contributed by atoms with Crippen LogP contribution in [0, 0.1) is 20.2 Å². The summed E-state index contributed by atoms with van der Waals surface area (Å²) in [6.45, 7) is -0.503. The molecule has 26 N–H and O–H groups in total. The van der Waals surface area contributed by atoms with Gasteiger partial charge >= 0.3 is 0 Å². The Bertz CT molecular complexity index is 3160. The molecule has 76 heavy (non-hydrogen) atoms. The number of carbonyl (C=O) groups is 6. The number of aliphatic imine (C=N–C) groups is 4. The van der Waals surface area contributed by atoms with Crippen LogP contribution in [0.5, 0.6) is 0 Å². The zero-order chi connectivity index (χ0) is 56.1. The predicted molar refractivity (Wildman–Crippen MR) is 275 cm³/mol. The number of aliphatic hydroxyl groups is 1.